The molecule has 0 saturated carbocycles. The number of hydrogen-bond donors (Lipinski definition) is 0. The van der Waals surface area contributed by atoms with Crippen LogP contribution in [0.3, 0.4) is 0 Å². The SMILES string of the molecule is C=CCc1cccc([Si](C2=CC=CCC2)/C(=C/CC)CC)c1. The summed E-state index contributed by atoms with van der Waals surface area (Å²) in [4.78, 5) is 0. The number of allylic oxidation sites excluding steroid dienone is 7. The van der Waals surface area contributed by atoms with Crippen LogP contribution in [0.2, 0.25) is 0 Å². The molecular weight excluding hydrogens is 280 g/mol. The highest BCUT2D eigenvalue weighted by Crippen LogP contribution is 2.22. The molecule has 1 heteroatoms. The summed E-state index contributed by atoms with van der Waals surface area (Å²) in [6.45, 7) is 8.43. The van der Waals surface area contributed by atoms with Gasteiger partial charge in [-0.25, -0.2) is 0 Å². The van der Waals surface area contributed by atoms with E-state index in [0.29, 0.717) is 0 Å². The maximum Gasteiger partial charge on any atom is 0.145 e. The lowest BCUT2D eigenvalue weighted by Gasteiger charge is -2.23. The molecule has 0 fully saturated rings. The van der Waals surface area contributed by atoms with Crippen molar-refractivity contribution >= 4 is 14.0 Å². The summed E-state index contributed by atoms with van der Waals surface area (Å²) in [5, 5.41) is 4.85. The number of benzene rings is 1. The van der Waals surface area contributed by atoms with Gasteiger partial charge in [0.05, 0.1) is 0 Å². The van der Waals surface area contributed by atoms with Crippen molar-refractivity contribution in [2.24, 2.45) is 0 Å². The van der Waals surface area contributed by atoms with Gasteiger partial charge in [0.1, 0.15) is 8.80 Å². The fourth-order valence-corrected chi connectivity index (χ4v) is 6.24. The van der Waals surface area contributed by atoms with Gasteiger partial charge in [-0.2, -0.15) is 0 Å². The zero-order valence-corrected chi connectivity index (χ0v) is 14.9. The normalized spacial score (nSPS) is 15.0. The van der Waals surface area contributed by atoms with Crippen molar-refractivity contribution in [3.05, 3.63) is 77.2 Å². The summed E-state index contributed by atoms with van der Waals surface area (Å²) < 4.78 is 0. The molecule has 1 aliphatic carbocycles. The highest BCUT2D eigenvalue weighted by Gasteiger charge is 2.23. The quantitative estimate of drug-likeness (QED) is 0.478. The average Bonchev–Trinajstić information content (AvgIpc) is 2.56. The van der Waals surface area contributed by atoms with Crippen molar-refractivity contribution in [2.75, 3.05) is 0 Å². The fraction of sp³-hybridized carbons (Fsp3) is 0.333. The smallest absolute Gasteiger partial charge is 0.103 e. The van der Waals surface area contributed by atoms with Gasteiger partial charge in [-0.15, -0.1) is 6.58 Å². The first-order valence-electron chi connectivity index (χ1n) is 8.42. The van der Waals surface area contributed by atoms with E-state index in [1.54, 1.807) is 10.4 Å². The van der Waals surface area contributed by atoms with Gasteiger partial charge in [0.15, 0.2) is 0 Å². The average molecular weight is 308 g/mol. The van der Waals surface area contributed by atoms with Gasteiger partial charge in [0.2, 0.25) is 0 Å². The van der Waals surface area contributed by atoms with Gasteiger partial charge in [0, 0.05) is 0 Å². The second kappa shape index (κ2) is 8.75. The highest BCUT2D eigenvalue weighted by atomic mass is 28.3. The molecule has 0 heterocycles. The lowest BCUT2D eigenvalue weighted by Crippen LogP contribution is -2.35. The van der Waals surface area contributed by atoms with Crippen molar-refractivity contribution in [1.29, 1.82) is 0 Å². The van der Waals surface area contributed by atoms with Gasteiger partial charge >= 0.3 is 0 Å². The third-order valence-electron chi connectivity index (χ3n) is 4.08. The van der Waals surface area contributed by atoms with Crippen molar-refractivity contribution in [3.8, 4) is 0 Å². The van der Waals surface area contributed by atoms with Crippen LogP contribution in [0.4, 0.5) is 0 Å². The first-order chi connectivity index (χ1) is 10.8. The molecule has 0 aromatic heterocycles. The molecule has 1 radical (unpaired) electrons. The Morgan fingerprint density at radius 2 is 2.18 bits per heavy atom. The molecular formula is C21H27Si. The summed E-state index contributed by atoms with van der Waals surface area (Å²) in [7, 11) is -0.778. The number of hydrogen-bond acceptors (Lipinski definition) is 0. The number of rotatable bonds is 7. The van der Waals surface area contributed by atoms with E-state index in [2.05, 4.69) is 69.0 Å². The topological polar surface area (TPSA) is 0 Å². The summed E-state index contributed by atoms with van der Waals surface area (Å²) >= 11 is 0. The van der Waals surface area contributed by atoms with E-state index >= 15 is 0 Å². The first kappa shape index (κ1) is 16.8. The Morgan fingerprint density at radius 3 is 2.82 bits per heavy atom. The van der Waals surface area contributed by atoms with Gasteiger partial charge < -0.3 is 0 Å². The second-order valence-corrected chi connectivity index (χ2v) is 8.33. The molecule has 1 aliphatic rings. The molecule has 0 unspecified atom stereocenters. The van der Waals surface area contributed by atoms with Gasteiger partial charge in [0.25, 0.3) is 0 Å². The molecule has 1 aromatic rings. The molecule has 0 saturated heterocycles. The monoisotopic (exact) mass is 307 g/mol. The van der Waals surface area contributed by atoms with Crippen LogP contribution in [0.5, 0.6) is 0 Å². The van der Waals surface area contributed by atoms with E-state index in [-0.39, 0.29) is 0 Å². The Balaban J connectivity index is 2.45. The Kier molecular flexibility index (Phi) is 6.66. The van der Waals surface area contributed by atoms with Crippen LogP contribution in [-0.4, -0.2) is 8.80 Å². The molecule has 0 nitrogen and oxygen atoms in total. The van der Waals surface area contributed by atoms with Crippen LogP contribution < -0.4 is 5.19 Å². The Labute approximate surface area is 137 Å². The predicted octanol–water partition coefficient (Wildman–Crippen LogP) is 5.22. The fourth-order valence-electron chi connectivity index (χ4n) is 3.08. The van der Waals surface area contributed by atoms with E-state index in [1.165, 1.54) is 23.6 Å². The van der Waals surface area contributed by atoms with E-state index < -0.39 is 8.80 Å². The van der Waals surface area contributed by atoms with E-state index in [1.807, 2.05) is 6.08 Å². The van der Waals surface area contributed by atoms with Crippen LogP contribution in [0.1, 0.15) is 45.1 Å². The molecule has 0 spiro atoms. The third kappa shape index (κ3) is 4.20. The lowest BCUT2D eigenvalue weighted by atomic mass is 10.1. The zero-order chi connectivity index (χ0) is 15.8. The largest absolute Gasteiger partial charge is 0.145 e. The Hall–Kier alpha value is -1.60. The van der Waals surface area contributed by atoms with E-state index in [0.717, 1.165) is 19.3 Å². The second-order valence-electron chi connectivity index (χ2n) is 5.72. The van der Waals surface area contributed by atoms with Crippen molar-refractivity contribution in [2.45, 2.75) is 46.0 Å². The van der Waals surface area contributed by atoms with Crippen LogP contribution in [-0.2, 0) is 6.42 Å². The van der Waals surface area contributed by atoms with Crippen LogP contribution in [0.15, 0.2) is 71.6 Å². The third-order valence-corrected chi connectivity index (χ3v) is 7.23. The molecule has 22 heavy (non-hydrogen) atoms. The molecule has 0 atom stereocenters. The van der Waals surface area contributed by atoms with Gasteiger partial charge in [-0.05, 0) is 37.7 Å². The molecule has 0 amide bonds. The zero-order valence-electron chi connectivity index (χ0n) is 13.9. The summed E-state index contributed by atoms with van der Waals surface area (Å²) in [6, 6.07) is 9.18. The minimum absolute atomic E-state index is 0.778. The molecule has 1 aromatic carbocycles. The predicted molar refractivity (Wildman–Crippen MR) is 101 cm³/mol. The standard InChI is InChI=1S/C21H27Si/c1-4-11-18-13-10-16-21(17-18)22(19(6-3)12-5-2)20-14-8-7-9-15-20/h4,7-8,10,12-14,16-17H,1,5-6,9,11,15H2,2-3H3/b19-12+. The summed E-state index contributed by atoms with van der Waals surface area (Å²) in [6.07, 6.45) is 17.0. The Morgan fingerprint density at radius 1 is 1.32 bits per heavy atom. The van der Waals surface area contributed by atoms with Crippen LogP contribution >= 0.6 is 0 Å². The minimum atomic E-state index is -0.778. The summed E-state index contributed by atoms with van der Waals surface area (Å²) in [5.74, 6) is 0. The van der Waals surface area contributed by atoms with Gasteiger partial charge in [-0.3, -0.25) is 0 Å². The van der Waals surface area contributed by atoms with E-state index in [9.17, 15) is 0 Å². The first-order valence-corrected chi connectivity index (χ1v) is 9.92. The van der Waals surface area contributed by atoms with Crippen LogP contribution in [0.25, 0.3) is 0 Å². The van der Waals surface area contributed by atoms with E-state index in [4.69, 9.17) is 0 Å². The molecule has 0 aliphatic heterocycles. The van der Waals surface area contributed by atoms with Crippen LogP contribution in [0, 0.1) is 0 Å². The summed E-state index contributed by atoms with van der Waals surface area (Å²) in [5.41, 5.74) is 1.38. The van der Waals surface area contributed by atoms with Crippen molar-refractivity contribution in [1.82, 2.24) is 0 Å². The lowest BCUT2D eigenvalue weighted by molar-refractivity contribution is 1.01. The van der Waals surface area contributed by atoms with Crippen molar-refractivity contribution < 1.29 is 0 Å². The minimum Gasteiger partial charge on any atom is -0.103 e. The van der Waals surface area contributed by atoms with Gasteiger partial charge in [-0.1, -0.05) is 84.1 Å². The van der Waals surface area contributed by atoms with Crippen molar-refractivity contribution in [3.63, 3.8) is 0 Å². The highest BCUT2D eigenvalue weighted by molar-refractivity contribution is 6.85. The Bertz CT molecular complexity index is 590. The molecule has 0 bridgehead atoms. The molecule has 2 rings (SSSR count). The maximum absolute atomic E-state index is 3.88. The molecule has 0 N–H and O–H groups in total. The molecule has 115 valence electrons. The maximum atomic E-state index is 3.88.